The molecule has 14 heteroatoms. The third-order valence-electron chi connectivity index (χ3n) is 7.71. The van der Waals surface area contributed by atoms with E-state index >= 15 is 0 Å². The van der Waals surface area contributed by atoms with Crippen LogP contribution in [0.2, 0.25) is 0 Å². The maximum atomic E-state index is 14.5. The summed E-state index contributed by atoms with van der Waals surface area (Å²) in [6, 6.07) is 9.00. The number of benzene rings is 2. The fraction of sp³-hybridized carbons (Fsp3) is 0.433. The van der Waals surface area contributed by atoms with E-state index in [1.54, 1.807) is 0 Å². The molecule has 2 fully saturated rings. The molecule has 2 heterocycles. The van der Waals surface area contributed by atoms with Crippen LogP contribution in [0.25, 0.3) is 0 Å². The second-order valence-corrected chi connectivity index (χ2v) is 10.7. The lowest BCUT2D eigenvalue weighted by molar-refractivity contribution is -0.292. The van der Waals surface area contributed by atoms with Crippen LogP contribution < -0.4 is 9.47 Å². The molecule has 44 heavy (non-hydrogen) atoms. The van der Waals surface area contributed by atoms with Gasteiger partial charge in [-0.25, -0.2) is 13.6 Å². The van der Waals surface area contributed by atoms with Crippen molar-refractivity contribution in [3.63, 3.8) is 0 Å². The highest BCUT2D eigenvalue weighted by Gasteiger charge is 3.17. The van der Waals surface area contributed by atoms with Crippen molar-refractivity contribution in [2.45, 2.75) is 44.3 Å². The van der Waals surface area contributed by atoms with Gasteiger partial charge in [-0.2, -0.15) is 0 Å². The van der Waals surface area contributed by atoms with Gasteiger partial charge in [0, 0.05) is 6.61 Å². The summed E-state index contributed by atoms with van der Waals surface area (Å²) in [6.07, 6.45) is 0. The molecule has 2 bridgehead atoms. The van der Waals surface area contributed by atoms with Crippen molar-refractivity contribution in [2.75, 3.05) is 26.4 Å². The molecule has 236 valence electrons. The van der Waals surface area contributed by atoms with Gasteiger partial charge in [-0.05, 0) is 76.2 Å². The van der Waals surface area contributed by atoms with E-state index in [4.69, 9.17) is 56.4 Å². The number of alkyl halides is 1. The van der Waals surface area contributed by atoms with Crippen LogP contribution in [0.1, 0.15) is 27.7 Å². The monoisotopic (exact) mass is 656 g/mol. The van der Waals surface area contributed by atoms with Crippen molar-refractivity contribution < 1.29 is 56.3 Å². The number of carbonyl (C=O) groups is 3. The largest absolute Gasteiger partial charge is 0.469 e. The van der Waals surface area contributed by atoms with Crippen molar-refractivity contribution in [2.24, 2.45) is 10.8 Å². The highest BCUT2D eigenvalue weighted by Crippen LogP contribution is 2.93. The van der Waals surface area contributed by atoms with E-state index in [1.165, 1.54) is 52.0 Å². The van der Waals surface area contributed by atoms with E-state index < -0.39 is 67.6 Å². The van der Waals surface area contributed by atoms with E-state index in [0.29, 0.717) is 0 Å². The maximum absolute atomic E-state index is 14.5. The van der Waals surface area contributed by atoms with Crippen LogP contribution in [-0.4, -0.2) is 61.0 Å². The molecule has 2 aromatic rings. The number of fused-ring (bicyclic) bond motifs is 5. The average Bonchev–Trinajstić information content (AvgIpc) is 3.26. The van der Waals surface area contributed by atoms with Gasteiger partial charge < -0.3 is 28.4 Å². The third-order valence-corrected chi connectivity index (χ3v) is 8.80. The number of carbonyl (C=O) groups excluding carboxylic acids is 3. The predicted octanol–water partition coefficient (Wildman–Crippen LogP) is 5.00. The molecular formula is C30H28Cl2F2O10. The van der Waals surface area contributed by atoms with E-state index in [9.17, 15) is 23.2 Å². The molecule has 2 aliphatic heterocycles. The van der Waals surface area contributed by atoms with Gasteiger partial charge in [-0.1, -0.05) is 23.2 Å². The summed E-state index contributed by atoms with van der Waals surface area (Å²) in [4.78, 5) is 42.5. The number of hydrogen-bond donors (Lipinski definition) is 0. The fourth-order valence-corrected chi connectivity index (χ4v) is 7.47. The Bertz CT molecular complexity index is 1520. The molecule has 0 N–H and O–H groups in total. The van der Waals surface area contributed by atoms with Crippen LogP contribution in [0.3, 0.4) is 0 Å². The molecule has 0 unspecified atom stereocenters. The summed E-state index contributed by atoms with van der Waals surface area (Å²) in [5.41, 5.74) is -5.76. The lowest BCUT2D eigenvalue weighted by atomic mass is 9.75. The van der Waals surface area contributed by atoms with Crippen molar-refractivity contribution in [3.8, 4) is 11.5 Å². The molecule has 2 aromatic carbocycles. The molecule has 0 amide bonds. The van der Waals surface area contributed by atoms with Gasteiger partial charge in [0.25, 0.3) is 5.79 Å². The lowest BCUT2D eigenvalue weighted by Crippen LogP contribution is -2.56. The topological polar surface area (TPSA) is 116 Å². The zero-order chi connectivity index (χ0) is 32.1. The Kier molecular flexibility index (Phi) is 8.11. The number of hydrogen-bond acceptors (Lipinski definition) is 10. The molecule has 0 radical (unpaired) electrons. The Labute approximate surface area is 261 Å². The van der Waals surface area contributed by atoms with Gasteiger partial charge >= 0.3 is 17.9 Å². The SMILES string of the molecule is CCOC(=O)C1=C(Cl)[C@]2(OCC)O[C@@]1(Oc1ccc(F)cc1)[C@@]1(C(=O)OCC)[C@@](Cl)(Oc3ccc(F)cc3)[C@@]21C(=O)OCC. The van der Waals surface area contributed by atoms with Crippen LogP contribution in [-0.2, 0) is 38.1 Å². The van der Waals surface area contributed by atoms with Crippen molar-refractivity contribution in [1.82, 2.24) is 0 Å². The standard InChI is InChI=1S/C30H28Cl2F2O10/c1-5-38-23(35)21-22(31)29(41-8-4)27(25(37)40-7-3)26(24(36)39-6-2,30(27,32)43-20-15-11-18(34)12-16-20)28(21,44-29)42-19-13-9-17(33)10-14-19/h9-16H,5-8H2,1-4H3/t26-,27+,28+,29-,30+/m0/s1. The van der Waals surface area contributed by atoms with Crippen LogP contribution in [0.5, 0.6) is 11.5 Å². The third kappa shape index (κ3) is 3.74. The smallest absolute Gasteiger partial charge is 0.342 e. The van der Waals surface area contributed by atoms with Crippen LogP contribution in [0, 0.1) is 22.5 Å². The molecule has 1 saturated heterocycles. The molecule has 0 aromatic heterocycles. The predicted molar refractivity (Wildman–Crippen MR) is 148 cm³/mol. The molecule has 3 aliphatic rings. The van der Waals surface area contributed by atoms with Crippen LogP contribution in [0.15, 0.2) is 59.1 Å². The van der Waals surface area contributed by atoms with Gasteiger partial charge in [0.15, 0.2) is 0 Å². The minimum absolute atomic E-state index is 0.0973. The second-order valence-electron chi connectivity index (χ2n) is 9.83. The first-order valence-electron chi connectivity index (χ1n) is 13.8. The number of esters is 3. The van der Waals surface area contributed by atoms with Gasteiger partial charge in [0.2, 0.25) is 21.7 Å². The Morgan fingerprint density at radius 3 is 1.61 bits per heavy atom. The molecule has 1 aliphatic carbocycles. The fourth-order valence-electron chi connectivity index (χ4n) is 6.31. The van der Waals surface area contributed by atoms with Crippen LogP contribution >= 0.6 is 23.2 Å². The average molecular weight is 657 g/mol. The normalized spacial score (nSPS) is 31.3. The zero-order valence-corrected chi connectivity index (χ0v) is 25.6. The molecule has 5 atom stereocenters. The summed E-state index contributed by atoms with van der Waals surface area (Å²) < 4.78 is 69.1. The van der Waals surface area contributed by atoms with Crippen molar-refractivity contribution >= 4 is 41.1 Å². The number of ether oxygens (including phenoxy) is 7. The van der Waals surface area contributed by atoms with Gasteiger partial charge in [-0.15, -0.1) is 0 Å². The molecule has 0 spiro atoms. The Morgan fingerprint density at radius 2 is 1.16 bits per heavy atom. The van der Waals surface area contributed by atoms with Gasteiger partial charge in [0.1, 0.15) is 28.7 Å². The molecule has 10 nitrogen and oxygen atoms in total. The first kappa shape index (κ1) is 32.0. The maximum Gasteiger partial charge on any atom is 0.342 e. The van der Waals surface area contributed by atoms with E-state index in [2.05, 4.69) is 0 Å². The summed E-state index contributed by atoms with van der Waals surface area (Å²) in [5, 5.41) is -3.11. The van der Waals surface area contributed by atoms with E-state index in [1.807, 2.05) is 0 Å². The quantitative estimate of drug-likeness (QED) is 0.176. The first-order valence-corrected chi connectivity index (χ1v) is 14.5. The second kappa shape index (κ2) is 11.2. The molecular weight excluding hydrogens is 629 g/mol. The van der Waals surface area contributed by atoms with Crippen molar-refractivity contribution in [1.29, 1.82) is 0 Å². The minimum Gasteiger partial charge on any atom is -0.469 e. The zero-order valence-electron chi connectivity index (χ0n) is 24.0. The van der Waals surface area contributed by atoms with Crippen LogP contribution in [0.4, 0.5) is 8.78 Å². The van der Waals surface area contributed by atoms with E-state index in [-0.39, 0.29) is 37.9 Å². The minimum atomic E-state index is -2.75. The Hall–Kier alpha value is -3.45. The summed E-state index contributed by atoms with van der Waals surface area (Å²) >= 11 is 14.3. The van der Waals surface area contributed by atoms with Crippen molar-refractivity contribution in [3.05, 3.63) is 70.8 Å². The van der Waals surface area contributed by atoms with Gasteiger partial charge in [0.05, 0.1) is 24.9 Å². The van der Waals surface area contributed by atoms with Gasteiger partial charge in [-0.3, -0.25) is 14.3 Å². The number of rotatable bonds is 12. The summed E-state index contributed by atoms with van der Waals surface area (Å²) in [5.74, 6) is -10.2. The summed E-state index contributed by atoms with van der Waals surface area (Å²) in [7, 11) is 0. The number of halogens is 4. The lowest BCUT2D eigenvalue weighted by Gasteiger charge is -2.38. The molecule has 5 rings (SSSR count). The Balaban J connectivity index is 1.91. The first-order chi connectivity index (χ1) is 20.9. The summed E-state index contributed by atoms with van der Waals surface area (Å²) in [6.45, 7) is 5.28. The van der Waals surface area contributed by atoms with E-state index in [0.717, 1.165) is 24.3 Å². The highest BCUT2D eigenvalue weighted by atomic mass is 35.5. The molecule has 1 saturated carbocycles. The highest BCUT2D eigenvalue weighted by molar-refractivity contribution is 6.39. The Morgan fingerprint density at radius 1 is 0.705 bits per heavy atom.